The molecule has 4 aliphatic carbocycles. The Bertz CT molecular complexity index is 862. The van der Waals surface area contributed by atoms with Gasteiger partial charge in [0.2, 0.25) is 0 Å². The SMILES string of the molecule is C[C@@H](CC=CC(C)(C)O)[C@H]1CC[C@@]2(C=O)[C@@H]3[C@@H](CC[C@]12C)[C@]1(C)CC[C@H](C)C(C)(C)C1=C[C@@H]3O. The van der Waals surface area contributed by atoms with Crippen molar-refractivity contribution < 1.29 is 15.0 Å². The van der Waals surface area contributed by atoms with Gasteiger partial charge in [-0.2, -0.15) is 0 Å². The first kappa shape index (κ1) is 26.1. The predicted octanol–water partition coefficient (Wildman–Crippen LogP) is 6.73. The molecule has 3 fully saturated rings. The third kappa shape index (κ3) is 3.62. The molecule has 3 nitrogen and oxygen atoms in total. The fraction of sp³-hybridized carbons (Fsp3) is 0.839. The lowest BCUT2D eigenvalue weighted by Gasteiger charge is -2.65. The molecule has 4 rings (SSSR count). The highest BCUT2D eigenvalue weighted by molar-refractivity contribution is 5.64. The quantitative estimate of drug-likeness (QED) is 0.346. The number of aliphatic hydroxyl groups excluding tert-OH is 1. The molecule has 0 aromatic rings. The molecular formula is C31H50O3. The zero-order valence-electron chi connectivity index (χ0n) is 23.0. The summed E-state index contributed by atoms with van der Waals surface area (Å²) in [5, 5.41) is 21.8. The van der Waals surface area contributed by atoms with Crippen LogP contribution in [-0.4, -0.2) is 28.2 Å². The normalized spacial score (nSPS) is 46.9. The van der Waals surface area contributed by atoms with E-state index in [1.165, 1.54) is 24.7 Å². The lowest BCUT2D eigenvalue weighted by atomic mass is 9.39. The molecule has 3 saturated carbocycles. The minimum absolute atomic E-state index is 0.0193. The van der Waals surface area contributed by atoms with Gasteiger partial charge >= 0.3 is 0 Å². The summed E-state index contributed by atoms with van der Waals surface area (Å²) in [5.41, 5.74) is 0.298. The Morgan fingerprint density at radius 2 is 1.79 bits per heavy atom. The summed E-state index contributed by atoms with van der Waals surface area (Å²) in [7, 11) is 0. The molecule has 0 aromatic carbocycles. The average molecular weight is 471 g/mol. The van der Waals surface area contributed by atoms with E-state index in [-0.39, 0.29) is 22.2 Å². The van der Waals surface area contributed by atoms with E-state index in [0.717, 1.165) is 32.1 Å². The molecule has 192 valence electrons. The van der Waals surface area contributed by atoms with E-state index in [4.69, 9.17) is 0 Å². The van der Waals surface area contributed by atoms with Crippen molar-refractivity contribution in [3.8, 4) is 0 Å². The van der Waals surface area contributed by atoms with Crippen LogP contribution in [0.4, 0.5) is 0 Å². The minimum atomic E-state index is -0.791. The predicted molar refractivity (Wildman–Crippen MR) is 139 cm³/mol. The second-order valence-corrected chi connectivity index (χ2v) is 14.3. The average Bonchev–Trinajstić information content (AvgIpc) is 3.05. The van der Waals surface area contributed by atoms with Gasteiger partial charge in [-0.15, -0.1) is 0 Å². The van der Waals surface area contributed by atoms with Crippen LogP contribution in [0, 0.1) is 51.2 Å². The Morgan fingerprint density at radius 1 is 1.12 bits per heavy atom. The van der Waals surface area contributed by atoms with Gasteiger partial charge < -0.3 is 15.0 Å². The molecule has 0 heterocycles. The standard InChI is InChI=1S/C31H50O3/c1-20(10-9-14-27(3,4)34)22-13-17-31(19-32)26-23(12-16-30(22,31)8)29(7)15-11-21(2)28(5,6)25(29)18-24(26)33/h9,14,18-24,26,33-34H,10-13,15-17H2,1-8H3/t20-,21-,22+,23+,24-,26+,29-,30+,31+/m0/s1. The van der Waals surface area contributed by atoms with Crippen molar-refractivity contribution in [2.75, 3.05) is 0 Å². The summed E-state index contributed by atoms with van der Waals surface area (Å²) in [4.78, 5) is 13.1. The monoisotopic (exact) mass is 470 g/mol. The number of carbonyl (C=O) groups is 1. The number of fused-ring (bicyclic) bond motifs is 5. The van der Waals surface area contributed by atoms with Crippen LogP contribution in [0.3, 0.4) is 0 Å². The molecule has 3 heteroatoms. The molecule has 0 saturated heterocycles. The summed E-state index contributed by atoms with van der Waals surface area (Å²) in [6, 6.07) is 0. The summed E-state index contributed by atoms with van der Waals surface area (Å²) >= 11 is 0. The maximum Gasteiger partial charge on any atom is 0.127 e. The molecule has 4 aliphatic rings. The van der Waals surface area contributed by atoms with Crippen LogP contribution in [0.25, 0.3) is 0 Å². The number of carbonyl (C=O) groups excluding carboxylic acids is 1. The van der Waals surface area contributed by atoms with Gasteiger partial charge in [-0.1, -0.05) is 65.3 Å². The molecule has 0 aliphatic heterocycles. The Kier molecular flexibility index (Phi) is 6.38. The van der Waals surface area contributed by atoms with Crippen molar-refractivity contribution >= 4 is 6.29 Å². The first-order valence-electron chi connectivity index (χ1n) is 13.9. The van der Waals surface area contributed by atoms with Crippen molar-refractivity contribution in [2.24, 2.45) is 51.2 Å². The second-order valence-electron chi connectivity index (χ2n) is 14.3. The van der Waals surface area contributed by atoms with Gasteiger partial charge in [0.15, 0.2) is 0 Å². The van der Waals surface area contributed by atoms with Crippen LogP contribution in [-0.2, 0) is 4.79 Å². The summed E-state index contributed by atoms with van der Waals surface area (Å²) in [5.74, 6) is 1.90. The zero-order chi connectivity index (χ0) is 25.3. The highest BCUT2D eigenvalue weighted by Crippen LogP contribution is 2.73. The van der Waals surface area contributed by atoms with Crippen LogP contribution < -0.4 is 0 Å². The van der Waals surface area contributed by atoms with E-state index in [0.29, 0.717) is 23.7 Å². The molecule has 0 spiro atoms. The van der Waals surface area contributed by atoms with Crippen molar-refractivity contribution in [2.45, 2.75) is 112 Å². The fourth-order valence-electron chi connectivity index (χ4n) is 9.56. The van der Waals surface area contributed by atoms with Gasteiger partial charge in [0.1, 0.15) is 6.29 Å². The molecule has 0 radical (unpaired) electrons. The number of hydrogen-bond acceptors (Lipinski definition) is 3. The first-order valence-corrected chi connectivity index (χ1v) is 13.9. The Morgan fingerprint density at radius 3 is 2.41 bits per heavy atom. The Hall–Kier alpha value is -0.930. The maximum absolute atomic E-state index is 13.1. The highest BCUT2D eigenvalue weighted by atomic mass is 16.3. The third-order valence-electron chi connectivity index (χ3n) is 11.8. The summed E-state index contributed by atoms with van der Waals surface area (Å²) < 4.78 is 0. The van der Waals surface area contributed by atoms with Crippen LogP contribution in [0.1, 0.15) is 100 Å². The smallest absolute Gasteiger partial charge is 0.127 e. The van der Waals surface area contributed by atoms with Crippen LogP contribution in [0.2, 0.25) is 0 Å². The van der Waals surface area contributed by atoms with Gasteiger partial charge in [0.05, 0.1) is 11.7 Å². The second kappa shape index (κ2) is 8.30. The van der Waals surface area contributed by atoms with Gasteiger partial charge in [-0.25, -0.2) is 0 Å². The topological polar surface area (TPSA) is 57.5 Å². The molecule has 9 atom stereocenters. The number of allylic oxidation sites excluding steroid dienone is 2. The van der Waals surface area contributed by atoms with E-state index in [2.05, 4.69) is 53.7 Å². The van der Waals surface area contributed by atoms with Gasteiger partial charge in [-0.05, 0) is 98.7 Å². The van der Waals surface area contributed by atoms with Crippen molar-refractivity contribution in [3.63, 3.8) is 0 Å². The number of rotatable bonds is 5. The lowest BCUT2D eigenvalue weighted by molar-refractivity contribution is -0.166. The van der Waals surface area contributed by atoms with E-state index < -0.39 is 17.1 Å². The minimum Gasteiger partial charge on any atom is -0.389 e. The van der Waals surface area contributed by atoms with E-state index in [9.17, 15) is 15.0 Å². The Balaban J connectivity index is 1.70. The molecule has 0 amide bonds. The molecule has 0 unspecified atom stereocenters. The summed E-state index contributed by atoms with van der Waals surface area (Å²) in [6.07, 6.45) is 14.4. The van der Waals surface area contributed by atoms with E-state index in [1.54, 1.807) is 0 Å². The number of aldehydes is 1. The van der Waals surface area contributed by atoms with Gasteiger partial charge in [-0.3, -0.25) is 0 Å². The fourth-order valence-corrected chi connectivity index (χ4v) is 9.56. The number of hydrogen-bond donors (Lipinski definition) is 2. The highest BCUT2D eigenvalue weighted by Gasteiger charge is 2.69. The largest absolute Gasteiger partial charge is 0.389 e. The van der Waals surface area contributed by atoms with Crippen molar-refractivity contribution in [1.29, 1.82) is 0 Å². The first-order chi connectivity index (χ1) is 15.6. The number of aliphatic hydroxyl groups is 2. The van der Waals surface area contributed by atoms with E-state index in [1.807, 2.05) is 19.9 Å². The molecule has 34 heavy (non-hydrogen) atoms. The molecular weight excluding hydrogens is 420 g/mol. The van der Waals surface area contributed by atoms with Crippen molar-refractivity contribution in [3.05, 3.63) is 23.8 Å². The van der Waals surface area contributed by atoms with Crippen molar-refractivity contribution in [1.82, 2.24) is 0 Å². The molecule has 2 N–H and O–H groups in total. The van der Waals surface area contributed by atoms with Gasteiger partial charge in [0.25, 0.3) is 0 Å². The molecule has 0 aromatic heterocycles. The van der Waals surface area contributed by atoms with Gasteiger partial charge in [0, 0.05) is 11.3 Å². The van der Waals surface area contributed by atoms with Crippen LogP contribution in [0.5, 0.6) is 0 Å². The summed E-state index contributed by atoms with van der Waals surface area (Å²) in [6.45, 7) is 17.8. The lowest BCUT2D eigenvalue weighted by Crippen LogP contribution is -2.62. The zero-order valence-corrected chi connectivity index (χ0v) is 23.0. The Labute approximate surface area is 208 Å². The van der Waals surface area contributed by atoms with Crippen LogP contribution >= 0.6 is 0 Å². The molecule has 0 bridgehead atoms. The van der Waals surface area contributed by atoms with Crippen LogP contribution in [0.15, 0.2) is 23.8 Å². The third-order valence-corrected chi connectivity index (χ3v) is 11.8. The maximum atomic E-state index is 13.1. The van der Waals surface area contributed by atoms with E-state index >= 15 is 0 Å².